The van der Waals surface area contributed by atoms with E-state index in [0.29, 0.717) is 0 Å². The summed E-state index contributed by atoms with van der Waals surface area (Å²) in [6, 6.07) is 3.94. The third-order valence-electron chi connectivity index (χ3n) is 1.18. The van der Waals surface area contributed by atoms with Gasteiger partial charge in [0.2, 0.25) is 0 Å². The van der Waals surface area contributed by atoms with Gasteiger partial charge in [-0.3, -0.25) is 4.98 Å². The molecule has 0 unspecified atom stereocenters. The zero-order chi connectivity index (χ0) is 6.69. The predicted octanol–water partition coefficient (Wildman–Crippen LogP) is -4.85. The Morgan fingerprint density at radius 3 is 1.75 bits per heavy atom. The van der Waals surface area contributed by atoms with Gasteiger partial charge in [-0.1, -0.05) is 0 Å². The van der Waals surface area contributed by atoms with Crippen LogP contribution in [0.3, 0.4) is 0 Å². The Balaban J connectivity index is -0.000000270. The second-order valence-electron chi connectivity index (χ2n) is 2.10. The molecular weight excluding hydrogens is 248 g/mol. The monoisotopic (exact) mass is 256 g/mol. The normalized spacial score (nSPS) is 6.83. The SMILES string of the molecule is CN(C)c1ccncc1.[Cl-].[Cl-].[Zn+2]. The Labute approximate surface area is 98.3 Å². The van der Waals surface area contributed by atoms with Crippen LogP contribution < -0.4 is 29.7 Å². The molecule has 0 N–H and O–H groups in total. The van der Waals surface area contributed by atoms with Crippen molar-refractivity contribution in [1.82, 2.24) is 4.98 Å². The number of halogens is 2. The summed E-state index contributed by atoms with van der Waals surface area (Å²) in [5.41, 5.74) is 1.19. The average molecular weight is 258 g/mol. The average Bonchev–Trinajstić information content (AvgIpc) is 1.90. The maximum absolute atomic E-state index is 3.90. The standard InChI is InChI=1S/C7H10N2.2ClH.Zn/c1-9(2)7-3-5-8-6-4-7;;;/h3-6H,1-2H3;2*1H;/q;;;+2/p-2. The Bertz CT molecular complexity index is 182. The molecule has 64 valence electrons. The van der Waals surface area contributed by atoms with Gasteiger partial charge in [-0.05, 0) is 12.1 Å². The second kappa shape index (κ2) is 9.24. The summed E-state index contributed by atoms with van der Waals surface area (Å²) in [7, 11) is 4.02. The van der Waals surface area contributed by atoms with E-state index in [1.165, 1.54) is 5.69 Å². The number of pyridine rings is 1. The van der Waals surface area contributed by atoms with Crippen molar-refractivity contribution in [3.8, 4) is 0 Å². The quantitative estimate of drug-likeness (QED) is 0.470. The molecular formula is C7H10Cl2N2Zn. The van der Waals surface area contributed by atoms with Crippen LogP contribution in [0.25, 0.3) is 0 Å². The van der Waals surface area contributed by atoms with Gasteiger partial charge in [-0.25, -0.2) is 0 Å². The molecule has 0 spiro atoms. The molecule has 1 aromatic heterocycles. The summed E-state index contributed by atoms with van der Waals surface area (Å²) in [6.07, 6.45) is 3.57. The molecule has 1 heterocycles. The number of hydrogen-bond acceptors (Lipinski definition) is 2. The summed E-state index contributed by atoms with van der Waals surface area (Å²) in [4.78, 5) is 5.94. The number of nitrogens with zero attached hydrogens (tertiary/aromatic N) is 2. The van der Waals surface area contributed by atoms with Crippen LogP contribution in [-0.4, -0.2) is 19.1 Å². The fourth-order valence-corrected chi connectivity index (χ4v) is 0.642. The van der Waals surface area contributed by atoms with Crippen LogP contribution in [0.1, 0.15) is 0 Å². The van der Waals surface area contributed by atoms with Crippen molar-refractivity contribution < 1.29 is 44.3 Å². The second-order valence-corrected chi connectivity index (χ2v) is 2.10. The van der Waals surface area contributed by atoms with E-state index in [4.69, 9.17) is 0 Å². The third-order valence-corrected chi connectivity index (χ3v) is 1.18. The largest absolute Gasteiger partial charge is 2.00 e. The molecule has 1 aromatic rings. The van der Waals surface area contributed by atoms with Crippen molar-refractivity contribution in [3.05, 3.63) is 24.5 Å². The fourth-order valence-electron chi connectivity index (χ4n) is 0.642. The minimum absolute atomic E-state index is 0. The van der Waals surface area contributed by atoms with Crippen LogP contribution >= 0.6 is 0 Å². The molecule has 0 radical (unpaired) electrons. The van der Waals surface area contributed by atoms with Crippen LogP contribution in [-0.2, 0) is 19.5 Å². The van der Waals surface area contributed by atoms with E-state index in [1.807, 2.05) is 31.1 Å². The molecule has 0 aliphatic carbocycles. The molecule has 12 heavy (non-hydrogen) atoms. The molecule has 2 nitrogen and oxygen atoms in total. The van der Waals surface area contributed by atoms with Crippen molar-refractivity contribution in [2.45, 2.75) is 0 Å². The summed E-state index contributed by atoms with van der Waals surface area (Å²) >= 11 is 0. The summed E-state index contributed by atoms with van der Waals surface area (Å²) < 4.78 is 0. The molecule has 0 saturated carbocycles. The first-order chi connectivity index (χ1) is 4.30. The van der Waals surface area contributed by atoms with E-state index in [9.17, 15) is 0 Å². The van der Waals surface area contributed by atoms with Crippen LogP contribution in [0, 0.1) is 0 Å². The van der Waals surface area contributed by atoms with Gasteiger partial charge in [0.15, 0.2) is 0 Å². The number of hydrogen-bond donors (Lipinski definition) is 0. The summed E-state index contributed by atoms with van der Waals surface area (Å²) in [6.45, 7) is 0. The van der Waals surface area contributed by atoms with Gasteiger partial charge in [0.05, 0.1) is 0 Å². The van der Waals surface area contributed by atoms with E-state index in [0.717, 1.165) is 0 Å². The summed E-state index contributed by atoms with van der Waals surface area (Å²) in [5, 5.41) is 0. The van der Waals surface area contributed by atoms with Crippen LogP contribution in [0.5, 0.6) is 0 Å². The molecule has 0 fully saturated rings. The number of rotatable bonds is 1. The van der Waals surface area contributed by atoms with E-state index in [-0.39, 0.29) is 44.3 Å². The minimum atomic E-state index is 0. The van der Waals surface area contributed by atoms with E-state index < -0.39 is 0 Å². The Morgan fingerprint density at radius 1 is 1.08 bits per heavy atom. The number of anilines is 1. The topological polar surface area (TPSA) is 16.1 Å². The maximum Gasteiger partial charge on any atom is 2.00 e. The van der Waals surface area contributed by atoms with Gasteiger partial charge in [0, 0.05) is 32.2 Å². The molecule has 0 aliphatic heterocycles. The zero-order valence-electron chi connectivity index (χ0n) is 7.17. The molecule has 0 saturated heterocycles. The minimum Gasteiger partial charge on any atom is -1.00 e. The van der Waals surface area contributed by atoms with Gasteiger partial charge >= 0.3 is 19.5 Å². The van der Waals surface area contributed by atoms with Crippen molar-refractivity contribution in [1.29, 1.82) is 0 Å². The van der Waals surface area contributed by atoms with Crippen LogP contribution in [0.4, 0.5) is 5.69 Å². The maximum atomic E-state index is 3.90. The van der Waals surface area contributed by atoms with Gasteiger partial charge in [0.25, 0.3) is 0 Å². The first-order valence-corrected chi connectivity index (χ1v) is 2.88. The predicted molar refractivity (Wildman–Crippen MR) is 38.6 cm³/mol. The van der Waals surface area contributed by atoms with Gasteiger partial charge in [0.1, 0.15) is 0 Å². The Hall–Kier alpha value is 0.153. The first kappa shape index (κ1) is 18.0. The molecule has 0 aromatic carbocycles. The van der Waals surface area contributed by atoms with Gasteiger partial charge in [-0.15, -0.1) is 0 Å². The Morgan fingerprint density at radius 2 is 1.50 bits per heavy atom. The van der Waals surface area contributed by atoms with Crippen molar-refractivity contribution >= 4 is 5.69 Å². The number of aromatic nitrogens is 1. The van der Waals surface area contributed by atoms with Gasteiger partial charge in [-0.2, -0.15) is 0 Å². The first-order valence-electron chi connectivity index (χ1n) is 2.88. The van der Waals surface area contributed by atoms with Crippen molar-refractivity contribution in [2.24, 2.45) is 0 Å². The fraction of sp³-hybridized carbons (Fsp3) is 0.286. The van der Waals surface area contributed by atoms with Crippen molar-refractivity contribution in [3.63, 3.8) is 0 Å². The smallest absolute Gasteiger partial charge is 1.00 e. The molecule has 0 aliphatic rings. The van der Waals surface area contributed by atoms with Crippen molar-refractivity contribution in [2.75, 3.05) is 19.0 Å². The third kappa shape index (κ3) is 5.76. The summed E-state index contributed by atoms with van der Waals surface area (Å²) in [5.74, 6) is 0. The van der Waals surface area contributed by atoms with Gasteiger partial charge < -0.3 is 29.7 Å². The molecule has 5 heteroatoms. The van der Waals surface area contributed by atoms with Crippen LogP contribution in [0.15, 0.2) is 24.5 Å². The van der Waals surface area contributed by atoms with E-state index in [1.54, 1.807) is 12.4 Å². The molecule has 0 bridgehead atoms. The van der Waals surface area contributed by atoms with E-state index >= 15 is 0 Å². The Kier molecular flexibility index (Phi) is 13.9. The molecule has 0 atom stereocenters. The zero-order valence-corrected chi connectivity index (χ0v) is 11.6. The van der Waals surface area contributed by atoms with E-state index in [2.05, 4.69) is 4.98 Å². The molecule has 0 amide bonds. The van der Waals surface area contributed by atoms with Crippen LogP contribution in [0.2, 0.25) is 0 Å². The molecule has 1 rings (SSSR count).